The van der Waals surface area contributed by atoms with Gasteiger partial charge >= 0.3 is 0 Å². The van der Waals surface area contributed by atoms with Crippen LogP contribution >= 0.6 is 0 Å². The molecule has 0 bridgehead atoms. The first-order chi connectivity index (χ1) is 14.1. The van der Waals surface area contributed by atoms with Gasteiger partial charge in [-0.2, -0.15) is 0 Å². The molecule has 0 aliphatic rings. The second kappa shape index (κ2) is 8.39. The molecule has 4 heteroatoms. The minimum atomic E-state index is 0.596. The predicted molar refractivity (Wildman–Crippen MR) is 117 cm³/mol. The van der Waals surface area contributed by atoms with Gasteiger partial charge in [-0.3, -0.25) is 0 Å². The van der Waals surface area contributed by atoms with E-state index in [4.69, 9.17) is 14.5 Å². The van der Waals surface area contributed by atoms with Gasteiger partial charge in [0.05, 0.1) is 24.7 Å². The molecule has 0 saturated heterocycles. The van der Waals surface area contributed by atoms with Crippen molar-refractivity contribution in [3.05, 3.63) is 89.2 Å². The zero-order chi connectivity index (χ0) is 20.2. The average Bonchev–Trinajstić information content (AvgIpc) is 3.05. The number of fused-ring (bicyclic) bond motifs is 1. The van der Waals surface area contributed by atoms with E-state index in [1.165, 1.54) is 16.7 Å². The fraction of sp³-hybridized carbons (Fsp3) is 0.240. The monoisotopic (exact) mass is 386 g/mol. The van der Waals surface area contributed by atoms with E-state index in [0.29, 0.717) is 6.61 Å². The summed E-state index contributed by atoms with van der Waals surface area (Å²) in [6.45, 7) is 5.53. The molecule has 0 saturated carbocycles. The third-order valence-electron chi connectivity index (χ3n) is 5.03. The maximum absolute atomic E-state index is 6.06. The summed E-state index contributed by atoms with van der Waals surface area (Å²) in [5, 5.41) is 0. The maximum Gasteiger partial charge on any atom is 0.119 e. The smallest absolute Gasteiger partial charge is 0.119 e. The minimum Gasteiger partial charge on any atom is -0.497 e. The van der Waals surface area contributed by atoms with Crippen LogP contribution in [0.3, 0.4) is 0 Å². The lowest BCUT2D eigenvalue weighted by molar-refractivity contribution is 0.298. The van der Waals surface area contributed by atoms with E-state index in [0.717, 1.165) is 41.3 Å². The molecule has 0 atom stereocenters. The van der Waals surface area contributed by atoms with Crippen LogP contribution in [0.1, 0.15) is 22.5 Å². The number of hydrogen-bond donors (Lipinski definition) is 0. The quantitative estimate of drug-likeness (QED) is 0.431. The molecule has 4 nitrogen and oxygen atoms in total. The molecule has 1 aromatic heterocycles. The zero-order valence-electron chi connectivity index (χ0n) is 17.2. The molecule has 0 radical (unpaired) electrons. The van der Waals surface area contributed by atoms with Crippen LogP contribution < -0.4 is 9.47 Å². The highest BCUT2D eigenvalue weighted by molar-refractivity contribution is 5.76. The van der Waals surface area contributed by atoms with E-state index < -0.39 is 0 Å². The fourth-order valence-corrected chi connectivity index (χ4v) is 3.71. The largest absolute Gasteiger partial charge is 0.497 e. The summed E-state index contributed by atoms with van der Waals surface area (Å²) in [6, 6.07) is 22.8. The summed E-state index contributed by atoms with van der Waals surface area (Å²) >= 11 is 0. The number of imidazole rings is 1. The first-order valence-electron chi connectivity index (χ1n) is 9.90. The Bertz CT molecular complexity index is 1090. The maximum atomic E-state index is 6.06. The van der Waals surface area contributed by atoms with E-state index in [-0.39, 0.29) is 0 Å². The number of aryl methyl sites for hydroxylation is 2. The average molecular weight is 386 g/mol. The minimum absolute atomic E-state index is 0.596. The molecule has 0 unspecified atom stereocenters. The Labute approximate surface area is 171 Å². The second-order valence-electron chi connectivity index (χ2n) is 7.37. The van der Waals surface area contributed by atoms with Crippen LogP contribution in [0.2, 0.25) is 0 Å². The molecular weight excluding hydrogens is 360 g/mol. The number of para-hydroxylation sites is 2. The van der Waals surface area contributed by atoms with Crippen molar-refractivity contribution in [3.8, 4) is 11.5 Å². The van der Waals surface area contributed by atoms with Crippen molar-refractivity contribution in [1.29, 1.82) is 0 Å². The van der Waals surface area contributed by atoms with Gasteiger partial charge in [0.1, 0.15) is 23.9 Å². The SMILES string of the molecule is COc1ccc(Cc2nc3ccccc3n2CCOc2cc(C)cc(C)c2)cc1. The number of benzene rings is 3. The molecule has 29 heavy (non-hydrogen) atoms. The summed E-state index contributed by atoms with van der Waals surface area (Å²) in [7, 11) is 1.68. The third-order valence-corrected chi connectivity index (χ3v) is 5.03. The van der Waals surface area contributed by atoms with Gasteiger partial charge < -0.3 is 14.0 Å². The summed E-state index contributed by atoms with van der Waals surface area (Å²) in [4.78, 5) is 4.88. The highest BCUT2D eigenvalue weighted by Gasteiger charge is 2.11. The number of aromatic nitrogens is 2. The Morgan fingerprint density at radius 1 is 0.862 bits per heavy atom. The summed E-state index contributed by atoms with van der Waals surface area (Å²) in [5.74, 6) is 2.83. The standard InChI is InChI=1S/C25H26N2O2/c1-18-14-19(2)16-22(15-18)29-13-12-27-24-7-5-4-6-23(24)26-25(27)17-20-8-10-21(28-3)11-9-20/h4-11,14-16H,12-13,17H2,1-3H3. The Hall–Kier alpha value is -3.27. The third kappa shape index (κ3) is 4.43. The van der Waals surface area contributed by atoms with Gasteiger partial charge in [-0.1, -0.05) is 30.3 Å². The van der Waals surface area contributed by atoms with E-state index in [1.54, 1.807) is 7.11 Å². The van der Waals surface area contributed by atoms with Gasteiger partial charge in [0.2, 0.25) is 0 Å². The van der Waals surface area contributed by atoms with E-state index in [2.05, 4.69) is 66.9 Å². The molecular formula is C25H26N2O2. The molecule has 3 aromatic carbocycles. The van der Waals surface area contributed by atoms with Gasteiger partial charge in [-0.05, 0) is 66.9 Å². The van der Waals surface area contributed by atoms with Gasteiger partial charge in [-0.15, -0.1) is 0 Å². The van der Waals surface area contributed by atoms with Crippen molar-refractivity contribution in [2.45, 2.75) is 26.8 Å². The van der Waals surface area contributed by atoms with Crippen LogP contribution in [0.15, 0.2) is 66.7 Å². The van der Waals surface area contributed by atoms with Crippen molar-refractivity contribution >= 4 is 11.0 Å². The Kier molecular flexibility index (Phi) is 5.52. The highest BCUT2D eigenvalue weighted by atomic mass is 16.5. The molecule has 0 N–H and O–H groups in total. The van der Waals surface area contributed by atoms with E-state index >= 15 is 0 Å². The number of hydrogen-bond acceptors (Lipinski definition) is 3. The first kappa shape index (κ1) is 19.1. The molecule has 4 rings (SSSR count). The lowest BCUT2D eigenvalue weighted by atomic mass is 10.1. The van der Waals surface area contributed by atoms with Crippen LogP contribution in [0.4, 0.5) is 0 Å². The molecule has 0 aliphatic carbocycles. The Morgan fingerprint density at radius 2 is 1.59 bits per heavy atom. The normalized spacial score (nSPS) is 11.0. The van der Waals surface area contributed by atoms with Gasteiger partial charge in [-0.25, -0.2) is 4.98 Å². The summed E-state index contributed by atoms with van der Waals surface area (Å²) < 4.78 is 13.6. The molecule has 0 amide bonds. The van der Waals surface area contributed by atoms with Crippen LogP contribution in [0.5, 0.6) is 11.5 Å². The number of rotatable bonds is 7. The van der Waals surface area contributed by atoms with Crippen LogP contribution in [0.25, 0.3) is 11.0 Å². The molecule has 4 aromatic rings. The van der Waals surface area contributed by atoms with Crippen molar-refractivity contribution in [2.75, 3.05) is 13.7 Å². The molecule has 0 spiro atoms. The number of nitrogens with zero attached hydrogens (tertiary/aromatic N) is 2. The first-order valence-corrected chi connectivity index (χ1v) is 9.90. The summed E-state index contributed by atoms with van der Waals surface area (Å²) in [5.41, 5.74) is 5.79. The Balaban J connectivity index is 1.55. The van der Waals surface area contributed by atoms with Crippen molar-refractivity contribution < 1.29 is 9.47 Å². The lowest BCUT2D eigenvalue weighted by Gasteiger charge is -2.12. The molecule has 0 aliphatic heterocycles. The van der Waals surface area contributed by atoms with Gasteiger partial charge in [0.15, 0.2) is 0 Å². The molecule has 148 valence electrons. The van der Waals surface area contributed by atoms with Crippen LogP contribution in [-0.4, -0.2) is 23.3 Å². The highest BCUT2D eigenvalue weighted by Crippen LogP contribution is 2.21. The number of ether oxygens (including phenoxy) is 2. The van der Waals surface area contributed by atoms with Crippen molar-refractivity contribution in [2.24, 2.45) is 0 Å². The van der Waals surface area contributed by atoms with Crippen LogP contribution in [-0.2, 0) is 13.0 Å². The topological polar surface area (TPSA) is 36.3 Å². The van der Waals surface area contributed by atoms with Crippen molar-refractivity contribution in [1.82, 2.24) is 9.55 Å². The Morgan fingerprint density at radius 3 is 2.31 bits per heavy atom. The van der Waals surface area contributed by atoms with Crippen molar-refractivity contribution in [3.63, 3.8) is 0 Å². The predicted octanol–water partition coefficient (Wildman–Crippen LogP) is 5.33. The van der Waals surface area contributed by atoms with Gasteiger partial charge in [0, 0.05) is 6.42 Å². The zero-order valence-corrected chi connectivity index (χ0v) is 17.2. The van der Waals surface area contributed by atoms with Gasteiger partial charge in [0.25, 0.3) is 0 Å². The van der Waals surface area contributed by atoms with Crippen LogP contribution in [0, 0.1) is 13.8 Å². The van der Waals surface area contributed by atoms with E-state index in [9.17, 15) is 0 Å². The van der Waals surface area contributed by atoms with E-state index in [1.807, 2.05) is 18.2 Å². The fourth-order valence-electron chi connectivity index (χ4n) is 3.71. The second-order valence-corrected chi connectivity index (χ2v) is 7.37. The summed E-state index contributed by atoms with van der Waals surface area (Å²) in [6.07, 6.45) is 0.766. The lowest BCUT2D eigenvalue weighted by Crippen LogP contribution is -2.11. The number of methoxy groups -OCH3 is 1. The molecule has 1 heterocycles. The molecule has 0 fully saturated rings.